The van der Waals surface area contributed by atoms with Crippen molar-refractivity contribution in [1.29, 1.82) is 0 Å². The Kier molecular flexibility index (Phi) is 4.04. The monoisotopic (exact) mass is 290 g/mol. The summed E-state index contributed by atoms with van der Waals surface area (Å²) in [6, 6.07) is -0.00769. The third-order valence-electron chi connectivity index (χ3n) is 2.93. The van der Waals surface area contributed by atoms with E-state index < -0.39 is 10.2 Å². The van der Waals surface area contributed by atoms with Crippen LogP contribution < -0.4 is 4.72 Å². The Balaban J connectivity index is 2.19. The fourth-order valence-corrected chi connectivity index (χ4v) is 3.67. The third kappa shape index (κ3) is 2.90. The van der Waals surface area contributed by atoms with Crippen molar-refractivity contribution >= 4 is 27.6 Å². The molecule has 18 heavy (non-hydrogen) atoms. The van der Waals surface area contributed by atoms with E-state index in [4.69, 9.17) is 11.6 Å². The van der Waals surface area contributed by atoms with Gasteiger partial charge in [-0.15, -0.1) is 0 Å². The van der Waals surface area contributed by atoms with E-state index >= 15 is 0 Å². The summed E-state index contributed by atoms with van der Waals surface area (Å²) in [6.45, 7) is 2.42. The molecular weight excluding hydrogens is 276 g/mol. The van der Waals surface area contributed by atoms with Crippen molar-refractivity contribution in [2.45, 2.75) is 32.2 Å². The number of nitrogens with one attached hydrogen (secondary N) is 1. The van der Waals surface area contributed by atoms with Gasteiger partial charge in [0.15, 0.2) is 11.0 Å². The second-order valence-corrected chi connectivity index (χ2v) is 6.24. The Labute approximate surface area is 112 Å². The molecule has 0 spiro atoms. The average Bonchev–Trinajstić information content (AvgIpc) is 2.32. The molecule has 1 N–H and O–H groups in total. The van der Waals surface area contributed by atoms with Gasteiger partial charge in [0, 0.05) is 25.0 Å². The third-order valence-corrected chi connectivity index (χ3v) is 4.82. The van der Waals surface area contributed by atoms with Crippen LogP contribution in [0.15, 0.2) is 12.4 Å². The lowest BCUT2D eigenvalue weighted by Gasteiger charge is -2.32. The van der Waals surface area contributed by atoms with Crippen molar-refractivity contribution in [2.75, 3.05) is 11.3 Å². The maximum Gasteiger partial charge on any atom is 0.303 e. The van der Waals surface area contributed by atoms with E-state index in [0.717, 1.165) is 19.3 Å². The highest BCUT2D eigenvalue weighted by molar-refractivity contribution is 7.90. The molecule has 1 saturated heterocycles. The van der Waals surface area contributed by atoms with Crippen LogP contribution in [0.25, 0.3) is 0 Å². The van der Waals surface area contributed by atoms with Gasteiger partial charge in [-0.25, -0.2) is 9.97 Å². The summed E-state index contributed by atoms with van der Waals surface area (Å²) in [7, 11) is -3.61. The number of nitrogens with zero attached hydrogens (tertiary/aromatic N) is 3. The van der Waals surface area contributed by atoms with Gasteiger partial charge in [-0.2, -0.15) is 12.7 Å². The van der Waals surface area contributed by atoms with Crippen molar-refractivity contribution in [3.05, 3.63) is 17.5 Å². The maximum absolute atomic E-state index is 12.2. The van der Waals surface area contributed by atoms with Crippen LogP contribution in [0.1, 0.15) is 26.2 Å². The van der Waals surface area contributed by atoms with Gasteiger partial charge in [-0.1, -0.05) is 18.0 Å². The molecule has 2 rings (SSSR count). The first-order valence-corrected chi connectivity index (χ1v) is 7.58. The van der Waals surface area contributed by atoms with Crippen LogP contribution in [0.5, 0.6) is 0 Å². The van der Waals surface area contributed by atoms with Gasteiger partial charge in [-0.05, 0) is 19.8 Å². The summed E-state index contributed by atoms with van der Waals surface area (Å²) >= 11 is 5.79. The van der Waals surface area contributed by atoms with Gasteiger partial charge in [0.25, 0.3) is 0 Å². The summed E-state index contributed by atoms with van der Waals surface area (Å²) in [5, 5.41) is 0.0470. The van der Waals surface area contributed by atoms with Crippen LogP contribution in [0.3, 0.4) is 0 Å². The standard InChI is InChI=1S/C10H15ClN4O2S/c1-8-4-2-3-7-15(8)18(16,17)14-10-9(11)12-5-6-13-10/h5-6,8H,2-4,7H2,1H3,(H,13,14). The van der Waals surface area contributed by atoms with E-state index in [9.17, 15) is 8.42 Å². The fraction of sp³-hybridized carbons (Fsp3) is 0.600. The molecule has 100 valence electrons. The van der Waals surface area contributed by atoms with E-state index in [1.54, 1.807) is 0 Å². The first kappa shape index (κ1) is 13.5. The number of hydrogen-bond acceptors (Lipinski definition) is 4. The summed E-state index contributed by atoms with van der Waals surface area (Å²) in [5.41, 5.74) is 0. The molecule has 0 aliphatic carbocycles. The first-order chi connectivity index (χ1) is 8.50. The smallest absolute Gasteiger partial charge is 0.252 e. The molecule has 0 radical (unpaired) electrons. The van der Waals surface area contributed by atoms with Crippen molar-refractivity contribution in [2.24, 2.45) is 0 Å². The zero-order valence-electron chi connectivity index (χ0n) is 10.0. The van der Waals surface area contributed by atoms with Crippen LogP contribution in [0.2, 0.25) is 5.15 Å². The van der Waals surface area contributed by atoms with E-state index in [1.807, 2.05) is 6.92 Å². The van der Waals surface area contributed by atoms with E-state index in [0.29, 0.717) is 6.54 Å². The summed E-state index contributed by atoms with van der Waals surface area (Å²) in [6.07, 6.45) is 5.60. The molecule has 1 unspecified atom stereocenters. The molecule has 0 amide bonds. The summed E-state index contributed by atoms with van der Waals surface area (Å²) in [4.78, 5) is 7.66. The van der Waals surface area contributed by atoms with Crippen molar-refractivity contribution < 1.29 is 8.42 Å². The van der Waals surface area contributed by atoms with Crippen LogP contribution >= 0.6 is 11.6 Å². The molecule has 1 aliphatic heterocycles. The number of hydrogen-bond donors (Lipinski definition) is 1. The van der Waals surface area contributed by atoms with Crippen LogP contribution in [-0.4, -0.2) is 35.3 Å². The molecule has 1 aromatic rings. The number of anilines is 1. The summed E-state index contributed by atoms with van der Waals surface area (Å²) in [5.74, 6) is 0.0666. The minimum absolute atomic E-state index is 0.00769. The second kappa shape index (κ2) is 5.38. The van der Waals surface area contributed by atoms with Gasteiger partial charge in [0.1, 0.15) is 0 Å². The van der Waals surface area contributed by atoms with Gasteiger partial charge < -0.3 is 0 Å². The Hall–Kier alpha value is -0.920. The number of piperidine rings is 1. The zero-order valence-corrected chi connectivity index (χ0v) is 11.6. The van der Waals surface area contributed by atoms with Crippen LogP contribution in [-0.2, 0) is 10.2 Å². The normalized spacial score (nSPS) is 21.8. The second-order valence-electron chi connectivity index (χ2n) is 4.26. The first-order valence-electron chi connectivity index (χ1n) is 5.77. The molecule has 1 atom stereocenters. The molecule has 6 nitrogen and oxygen atoms in total. The highest BCUT2D eigenvalue weighted by Gasteiger charge is 2.30. The maximum atomic E-state index is 12.2. The van der Waals surface area contributed by atoms with E-state index in [-0.39, 0.29) is 17.0 Å². The minimum Gasteiger partial charge on any atom is -0.252 e. The molecule has 0 saturated carbocycles. The van der Waals surface area contributed by atoms with Gasteiger partial charge >= 0.3 is 10.2 Å². The van der Waals surface area contributed by atoms with E-state index in [2.05, 4.69) is 14.7 Å². The topological polar surface area (TPSA) is 75.2 Å². The Morgan fingerprint density at radius 1 is 1.39 bits per heavy atom. The van der Waals surface area contributed by atoms with Gasteiger partial charge in [0.05, 0.1) is 0 Å². The predicted molar refractivity (Wildman–Crippen MR) is 69.6 cm³/mol. The molecule has 1 fully saturated rings. The fourth-order valence-electron chi connectivity index (χ4n) is 2.00. The van der Waals surface area contributed by atoms with Crippen molar-refractivity contribution in [1.82, 2.24) is 14.3 Å². The van der Waals surface area contributed by atoms with Crippen LogP contribution in [0, 0.1) is 0 Å². The van der Waals surface area contributed by atoms with Gasteiger partial charge in [-0.3, -0.25) is 4.72 Å². The quantitative estimate of drug-likeness (QED) is 0.919. The molecule has 2 heterocycles. The zero-order chi connectivity index (χ0) is 13.2. The average molecular weight is 291 g/mol. The minimum atomic E-state index is -3.61. The lowest BCUT2D eigenvalue weighted by atomic mass is 10.1. The predicted octanol–water partition coefficient (Wildman–Crippen LogP) is 1.66. The van der Waals surface area contributed by atoms with Crippen molar-refractivity contribution in [3.8, 4) is 0 Å². The van der Waals surface area contributed by atoms with Crippen LogP contribution in [0.4, 0.5) is 5.82 Å². The Bertz CT molecular complexity index is 522. The SMILES string of the molecule is CC1CCCCN1S(=O)(=O)Nc1nccnc1Cl. The lowest BCUT2D eigenvalue weighted by Crippen LogP contribution is -2.45. The lowest BCUT2D eigenvalue weighted by molar-refractivity contribution is 0.270. The largest absolute Gasteiger partial charge is 0.303 e. The van der Waals surface area contributed by atoms with Crippen molar-refractivity contribution in [3.63, 3.8) is 0 Å². The molecule has 0 bridgehead atoms. The summed E-state index contributed by atoms with van der Waals surface area (Å²) < 4.78 is 28.2. The highest BCUT2D eigenvalue weighted by Crippen LogP contribution is 2.23. The Morgan fingerprint density at radius 2 is 2.11 bits per heavy atom. The molecule has 1 aliphatic rings. The van der Waals surface area contributed by atoms with E-state index in [1.165, 1.54) is 16.7 Å². The molecule has 1 aromatic heterocycles. The molecular formula is C10H15ClN4O2S. The molecule has 0 aromatic carbocycles. The highest BCUT2D eigenvalue weighted by atomic mass is 35.5. The number of rotatable bonds is 3. The number of halogens is 1. The molecule has 8 heteroatoms. The Morgan fingerprint density at radius 3 is 2.78 bits per heavy atom. The number of aromatic nitrogens is 2. The van der Waals surface area contributed by atoms with Gasteiger partial charge in [0.2, 0.25) is 0 Å².